The molecule has 19 heavy (non-hydrogen) atoms. The third-order valence-corrected chi connectivity index (χ3v) is 3.22. The highest BCUT2D eigenvalue weighted by Crippen LogP contribution is 2.20. The van der Waals surface area contributed by atoms with Gasteiger partial charge >= 0.3 is 0 Å². The lowest BCUT2D eigenvalue weighted by Crippen LogP contribution is -2.16. The fraction of sp³-hybridized carbons (Fsp3) is 0.583. The zero-order valence-corrected chi connectivity index (χ0v) is 11.6. The number of nitrogens with zero attached hydrogens (tertiary/aromatic N) is 3. The van der Waals surface area contributed by atoms with Gasteiger partial charge in [0.15, 0.2) is 11.5 Å². The van der Waals surface area contributed by atoms with Gasteiger partial charge in [0.05, 0.1) is 6.33 Å². The van der Waals surface area contributed by atoms with E-state index in [9.17, 15) is 0 Å². The van der Waals surface area contributed by atoms with Crippen molar-refractivity contribution < 1.29 is 5.11 Å². The number of aromatic amines is 1. The Morgan fingerprint density at radius 1 is 1.42 bits per heavy atom. The summed E-state index contributed by atoms with van der Waals surface area (Å²) < 4.78 is 0. The van der Waals surface area contributed by atoms with Gasteiger partial charge in [-0.1, -0.05) is 13.3 Å². The van der Waals surface area contributed by atoms with E-state index in [1.807, 2.05) is 0 Å². The van der Waals surface area contributed by atoms with Crippen molar-refractivity contribution in [3.8, 4) is 0 Å². The van der Waals surface area contributed by atoms with E-state index in [2.05, 4.69) is 32.2 Å². The third kappa shape index (κ3) is 3.54. The summed E-state index contributed by atoms with van der Waals surface area (Å²) in [5.74, 6) is 1.08. The second-order valence-electron chi connectivity index (χ2n) is 4.49. The topological polar surface area (TPSA) is 86.7 Å². The molecule has 0 amide bonds. The van der Waals surface area contributed by atoms with Gasteiger partial charge in [-0.3, -0.25) is 0 Å². The van der Waals surface area contributed by atoms with Crippen LogP contribution in [0.15, 0.2) is 6.33 Å². The second kappa shape index (κ2) is 6.68. The van der Waals surface area contributed by atoms with E-state index in [1.54, 1.807) is 6.33 Å². The smallest absolute Gasteiger partial charge is 0.226 e. The summed E-state index contributed by atoms with van der Waals surface area (Å²) in [4.78, 5) is 15.3. The van der Waals surface area contributed by atoms with E-state index in [-0.39, 0.29) is 11.9 Å². The number of imidazole rings is 1. The Kier molecular flexibility index (Phi) is 4.93. The van der Waals surface area contributed by atoms with E-state index in [0.717, 1.165) is 31.3 Å². The Labute approximate surface area is 116 Å². The van der Waals surface area contributed by atoms with Crippen LogP contribution in [0.3, 0.4) is 0 Å². The van der Waals surface area contributed by atoms with Crippen molar-refractivity contribution in [2.45, 2.75) is 26.2 Å². The summed E-state index contributed by atoms with van der Waals surface area (Å²) in [5.41, 5.74) is 1.31. The molecule has 7 heteroatoms. The molecular formula is C12H18ClN5O. The maximum atomic E-state index is 9.05. The average molecular weight is 284 g/mol. The monoisotopic (exact) mass is 283 g/mol. The Balaban J connectivity index is 2.09. The van der Waals surface area contributed by atoms with Crippen molar-refractivity contribution in [1.29, 1.82) is 0 Å². The molecule has 0 saturated heterocycles. The Hall–Kier alpha value is -1.40. The molecule has 0 aliphatic carbocycles. The molecule has 2 heterocycles. The first-order valence-corrected chi connectivity index (χ1v) is 6.83. The molecule has 2 rings (SSSR count). The first-order valence-electron chi connectivity index (χ1n) is 6.46. The summed E-state index contributed by atoms with van der Waals surface area (Å²) in [6.45, 7) is 3.09. The van der Waals surface area contributed by atoms with Crippen LogP contribution in [0.5, 0.6) is 0 Å². The van der Waals surface area contributed by atoms with Gasteiger partial charge in [-0.25, -0.2) is 4.98 Å². The fourth-order valence-electron chi connectivity index (χ4n) is 2.11. The van der Waals surface area contributed by atoms with Crippen molar-refractivity contribution in [2.24, 2.45) is 5.92 Å². The molecule has 6 nitrogen and oxygen atoms in total. The van der Waals surface area contributed by atoms with Crippen molar-refractivity contribution in [1.82, 2.24) is 19.9 Å². The predicted molar refractivity (Wildman–Crippen MR) is 75.3 cm³/mol. The summed E-state index contributed by atoms with van der Waals surface area (Å²) in [7, 11) is 0. The number of halogens is 1. The average Bonchev–Trinajstić information content (AvgIpc) is 2.84. The number of H-pyrrole nitrogens is 1. The van der Waals surface area contributed by atoms with E-state index in [1.165, 1.54) is 0 Å². The van der Waals surface area contributed by atoms with Gasteiger partial charge in [-0.2, -0.15) is 9.97 Å². The molecule has 3 N–H and O–H groups in total. The zero-order chi connectivity index (χ0) is 13.7. The normalized spacial score (nSPS) is 12.8. The second-order valence-corrected chi connectivity index (χ2v) is 4.83. The minimum absolute atomic E-state index is 0.177. The Morgan fingerprint density at radius 2 is 2.26 bits per heavy atom. The Morgan fingerprint density at radius 3 is 3.00 bits per heavy atom. The quantitative estimate of drug-likeness (QED) is 0.678. The van der Waals surface area contributed by atoms with E-state index in [4.69, 9.17) is 16.7 Å². The molecule has 0 aliphatic rings. The van der Waals surface area contributed by atoms with Crippen LogP contribution >= 0.6 is 11.6 Å². The van der Waals surface area contributed by atoms with Gasteiger partial charge in [-0.15, -0.1) is 0 Å². The summed E-state index contributed by atoms with van der Waals surface area (Å²) in [6, 6.07) is 0. The van der Waals surface area contributed by atoms with Crippen LogP contribution in [0, 0.1) is 5.92 Å². The van der Waals surface area contributed by atoms with Gasteiger partial charge in [-0.05, 0) is 30.4 Å². The zero-order valence-electron chi connectivity index (χ0n) is 10.9. The fourth-order valence-corrected chi connectivity index (χ4v) is 2.28. The van der Waals surface area contributed by atoms with Gasteiger partial charge < -0.3 is 15.4 Å². The maximum absolute atomic E-state index is 9.05. The van der Waals surface area contributed by atoms with Crippen molar-refractivity contribution >= 4 is 28.6 Å². The predicted octanol–water partition coefficient (Wildman–Crippen LogP) is 2.22. The largest absolute Gasteiger partial charge is 0.396 e. The molecule has 0 aliphatic heterocycles. The van der Waals surface area contributed by atoms with Crippen molar-refractivity contribution in [3.63, 3.8) is 0 Å². The molecule has 1 unspecified atom stereocenters. The minimum Gasteiger partial charge on any atom is -0.396 e. The number of hydrogen-bond donors (Lipinski definition) is 3. The lowest BCUT2D eigenvalue weighted by Gasteiger charge is -2.16. The van der Waals surface area contributed by atoms with Gasteiger partial charge in [0.2, 0.25) is 5.28 Å². The number of fused-ring (bicyclic) bond motifs is 1. The molecule has 0 fully saturated rings. The Bertz CT molecular complexity index is 524. The van der Waals surface area contributed by atoms with Crippen molar-refractivity contribution in [3.05, 3.63) is 11.6 Å². The van der Waals surface area contributed by atoms with Crippen molar-refractivity contribution in [2.75, 3.05) is 18.5 Å². The highest BCUT2D eigenvalue weighted by atomic mass is 35.5. The van der Waals surface area contributed by atoms with Gasteiger partial charge in [0, 0.05) is 13.2 Å². The maximum Gasteiger partial charge on any atom is 0.226 e. The molecule has 0 saturated carbocycles. The molecule has 0 aromatic carbocycles. The number of aliphatic hydroxyl groups is 1. The van der Waals surface area contributed by atoms with Crippen LogP contribution in [-0.2, 0) is 0 Å². The van der Waals surface area contributed by atoms with Gasteiger partial charge in [0.25, 0.3) is 0 Å². The molecule has 2 aromatic rings. The first kappa shape index (κ1) is 14.0. The highest BCUT2D eigenvalue weighted by molar-refractivity contribution is 6.28. The van der Waals surface area contributed by atoms with Crippen LogP contribution in [0.1, 0.15) is 26.2 Å². The van der Waals surface area contributed by atoms with Crippen LogP contribution in [-0.4, -0.2) is 38.2 Å². The van der Waals surface area contributed by atoms with Crippen LogP contribution in [0.2, 0.25) is 5.28 Å². The molecule has 1 atom stereocenters. The summed E-state index contributed by atoms with van der Waals surface area (Å²) >= 11 is 5.86. The number of aliphatic hydroxyl groups excluding tert-OH is 1. The number of anilines is 1. The minimum atomic E-state index is 0.177. The number of hydrogen-bond acceptors (Lipinski definition) is 5. The lowest BCUT2D eigenvalue weighted by molar-refractivity contribution is 0.255. The standard InChI is InChI=1S/C12H18ClN5O/c1-2-3-8(4-5-19)6-14-10-9-11(16-7-15-9)18-12(13)17-10/h7-8,19H,2-6H2,1H3,(H2,14,15,16,17,18). The molecule has 0 radical (unpaired) electrons. The van der Waals surface area contributed by atoms with E-state index >= 15 is 0 Å². The number of rotatable bonds is 7. The molecule has 0 spiro atoms. The van der Waals surface area contributed by atoms with Crippen LogP contribution in [0.4, 0.5) is 5.82 Å². The summed E-state index contributed by atoms with van der Waals surface area (Å²) in [6.07, 6.45) is 4.51. The third-order valence-electron chi connectivity index (χ3n) is 3.05. The van der Waals surface area contributed by atoms with E-state index in [0.29, 0.717) is 17.4 Å². The molecule has 2 aromatic heterocycles. The van der Waals surface area contributed by atoms with Crippen LogP contribution in [0.25, 0.3) is 11.2 Å². The molecule has 0 bridgehead atoms. The number of aromatic nitrogens is 4. The summed E-state index contributed by atoms with van der Waals surface area (Å²) in [5, 5.41) is 12.5. The first-order chi connectivity index (χ1) is 9.24. The SMILES string of the molecule is CCCC(CCO)CNc1nc(Cl)nc2nc[nH]c12. The number of nitrogens with one attached hydrogen (secondary N) is 2. The van der Waals surface area contributed by atoms with E-state index < -0.39 is 0 Å². The lowest BCUT2D eigenvalue weighted by atomic mass is 10.0. The van der Waals surface area contributed by atoms with Gasteiger partial charge in [0.1, 0.15) is 5.52 Å². The van der Waals surface area contributed by atoms with Crippen LogP contribution < -0.4 is 5.32 Å². The molecular weight excluding hydrogens is 266 g/mol. The highest BCUT2D eigenvalue weighted by Gasteiger charge is 2.11. The molecule has 104 valence electrons.